The molecule has 1 aromatic carbocycles. The number of hydrogen-bond donors (Lipinski definition) is 1. The minimum Gasteiger partial charge on any atom is -0.369 e. The van der Waals surface area contributed by atoms with Crippen LogP contribution in [0.2, 0.25) is 0 Å². The average Bonchev–Trinajstić information content (AvgIpc) is 2.45. The summed E-state index contributed by atoms with van der Waals surface area (Å²) >= 11 is 3.57. The van der Waals surface area contributed by atoms with E-state index in [4.69, 9.17) is 5.73 Å². The number of halogens is 1. The van der Waals surface area contributed by atoms with Gasteiger partial charge in [0.2, 0.25) is 0 Å². The van der Waals surface area contributed by atoms with Crippen molar-refractivity contribution >= 4 is 21.6 Å². The van der Waals surface area contributed by atoms with Gasteiger partial charge in [0.25, 0.3) is 0 Å². The molecule has 0 unspecified atom stereocenters. The molecule has 5 heteroatoms. The summed E-state index contributed by atoms with van der Waals surface area (Å²) in [5, 5.41) is 0. The van der Waals surface area contributed by atoms with Gasteiger partial charge in [-0.1, -0.05) is 15.9 Å². The van der Waals surface area contributed by atoms with Crippen LogP contribution in [0.1, 0.15) is 5.56 Å². The van der Waals surface area contributed by atoms with E-state index < -0.39 is 0 Å². The molecule has 0 saturated carbocycles. The van der Waals surface area contributed by atoms with E-state index in [0.29, 0.717) is 6.54 Å². The third kappa shape index (κ3) is 4.45. The number of nitrogens with two attached hydrogens (primary N) is 1. The van der Waals surface area contributed by atoms with Crippen LogP contribution in [0, 0.1) is 0 Å². The molecule has 0 spiro atoms. The molecule has 0 radical (unpaired) electrons. The number of nitrogens with zero attached hydrogens (tertiary/aromatic N) is 3. The maximum absolute atomic E-state index is 5.75. The van der Waals surface area contributed by atoms with E-state index >= 15 is 0 Å². The van der Waals surface area contributed by atoms with Gasteiger partial charge in [-0.3, -0.25) is 4.90 Å². The van der Waals surface area contributed by atoms with Crippen molar-refractivity contribution in [3.05, 3.63) is 28.2 Å². The second-order valence-corrected chi connectivity index (χ2v) is 6.57. The molecule has 1 saturated heterocycles. The fraction of sp³-hybridized carbons (Fsp3) is 0.600. The van der Waals surface area contributed by atoms with E-state index in [0.717, 1.165) is 43.7 Å². The summed E-state index contributed by atoms with van der Waals surface area (Å²) in [6, 6.07) is 6.49. The SMILES string of the molecule is CN(C)CCN1CCN(c2cc(Br)cc(CN)c2)CC1. The summed E-state index contributed by atoms with van der Waals surface area (Å²) in [7, 11) is 4.26. The van der Waals surface area contributed by atoms with Gasteiger partial charge in [0.15, 0.2) is 0 Å². The molecule has 0 aliphatic carbocycles. The first kappa shape index (κ1) is 15.8. The van der Waals surface area contributed by atoms with Gasteiger partial charge in [0, 0.05) is 56.0 Å². The average molecular weight is 341 g/mol. The van der Waals surface area contributed by atoms with Crippen molar-refractivity contribution in [3.8, 4) is 0 Å². The molecule has 1 fully saturated rings. The maximum Gasteiger partial charge on any atom is 0.0381 e. The first-order valence-electron chi connectivity index (χ1n) is 7.20. The lowest BCUT2D eigenvalue weighted by Gasteiger charge is -2.36. The van der Waals surface area contributed by atoms with E-state index in [1.165, 1.54) is 11.3 Å². The summed E-state index contributed by atoms with van der Waals surface area (Å²) < 4.78 is 1.12. The van der Waals surface area contributed by atoms with Gasteiger partial charge in [-0.2, -0.15) is 0 Å². The van der Waals surface area contributed by atoms with Crippen molar-refractivity contribution in [2.24, 2.45) is 5.73 Å². The summed E-state index contributed by atoms with van der Waals surface area (Å²) in [4.78, 5) is 7.24. The molecule has 1 aliphatic heterocycles. The van der Waals surface area contributed by atoms with Gasteiger partial charge in [-0.05, 0) is 37.9 Å². The van der Waals surface area contributed by atoms with Gasteiger partial charge in [-0.15, -0.1) is 0 Å². The predicted octanol–water partition coefficient (Wildman–Crippen LogP) is 1.59. The van der Waals surface area contributed by atoms with Crippen LogP contribution in [-0.2, 0) is 6.54 Å². The summed E-state index contributed by atoms with van der Waals surface area (Å²) in [5.41, 5.74) is 8.22. The minimum absolute atomic E-state index is 0.592. The van der Waals surface area contributed by atoms with Crippen molar-refractivity contribution in [2.45, 2.75) is 6.54 Å². The summed E-state index contributed by atoms with van der Waals surface area (Å²) in [6.07, 6.45) is 0. The Morgan fingerprint density at radius 3 is 2.45 bits per heavy atom. The zero-order valence-electron chi connectivity index (χ0n) is 12.5. The molecule has 0 amide bonds. The lowest BCUT2D eigenvalue weighted by Crippen LogP contribution is -2.48. The zero-order valence-corrected chi connectivity index (χ0v) is 14.1. The molecule has 1 aromatic rings. The zero-order chi connectivity index (χ0) is 14.5. The second kappa shape index (κ2) is 7.41. The van der Waals surface area contributed by atoms with Crippen molar-refractivity contribution in [1.29, 1.82) is 0 Å². The van der Waals surface area contributed by atoms with Crippen LogP contribution in [0.25, 0.3) is 0 Å². The van der Waals surface area contributed by atoms with E-state index in [1.807, 2.05) is 0 Å². The van der Waals surface area contributed by atoms with Crippen LogP contribution in [0.15, 0.2) is 22.7 Å². The lowest BCUT2D eigenvalue weighted by molar-refractivity contribution is 0.229. The topological polar surface area (TPSA) is 35.7 Å². The highest BCUT2D eigenvalue weighted by atomic mass is 79.9. The Kier molecular flexibility index (Phi) is 5.84. The number of likely N-dealkylation sites (N-methyl/N-ethyl adjacent to an activating group) is 1. The molecule has 0 aromatic heterocycles. The van der Waals surface area contributed by atoms with Crippen molar-refractivity contribution in [2.75, 3.05) is 58.3 Å². The molecule has 0 atom stereocenters. The molecule has 2 rings (SSSR count). The number of anilines is 1. The van der Waals surface area contributed by atoms with E-state index in [1.54, 1.807) is 0 Å². The fourth-order valence-corrected chi connectivity index (χ4v) is 3.03. The highest BCUT2D eigenvalue weighted by Crippen LogP contribution is 2.23. The van der Waals surface area contributed by atoms with Crippen molar-refractivity contribution < 1.29 is 0 Å². The van der Waals surface area contributed by atoms with Crippen molar-refractivity contribution in [1.82, 2.24) is 9.80 Å². The van der Waals surface area contributed by atoms with E-state index in [-0.39, 0.29) is 0 Å². The van der Waals surface area contributed by atoms with Crippen molar-refractivity contribution in [3.63, 3.8) is 0 Å². The summed E-state index contributed by atoms with van der Waals surface area (Å²) in [5.74, 6) is 0. The Balaban J connectivity index is 1.91. The summed E-state index contributed by atoms with van der Waals surface area (Å²) in [6.45, 7) is 7.34. The van der Waals surface area contributed by atoms with Crippen LogP contribution in [-0.4, -0.2) is 63.2 Å². The number of hydrogen-bond acceptors (Lipinski definition) is 4. The Bertz CT molecular complexity index is 428. The van der Waals surface area contributed by atoms with Gasteiger partial charge >= 0.3 is 0 Å². The molecule has 4 nitrogen and oxygen atoms in total. The quantitative estimate of drug-likeness (QED) is 0.882. The Hall–Kier alpha value is -0.620. The molecule has 2 N–H and O–H groups in total. The van der Waals surface area contributed by atoms with Gasteiger partial charge in [-0.25, -0.2) is 0 Å². The maximum atomic E-state index is 5.75. The second-order valence-electron chi connectivity index (χ2n) is 5.65. The van der Waals surface area contributed by atoms with E-state index in [9.17, 15) is 0 Å². The van der Waals surface area contributed by atoms with Crippen LogP contribution in [0.3, 0.4) is 0 Å². The standard InChI is InChI=1S/C15H25BrN4/c1-18(2)3-4-19-5-7-20(8-6-19)15-10-13(12-17)9-14(16)11-15/h9-11H,3-8,12,17H2,1-2H3. The molecular formula is C15H25BrN4. The van der Waals surface area contributed by atoms with Crippen LogP contribution < -0.4 is 10.6 Å². The number of piperazine rings is 1. The molecule has 1 heterocycles. The van der Waals surface area contributed by atoms with Gasteiger partial charge < -0.3 is 15.5 Å². The van der Waals surface area contributed by atoms with Gasteiger partial charge in [0.1, 0.15) is 0 Å². The number of benzene rings is 1. The van der Waals surface area contributed by atoms with Crippen LogP contribution in [0.4, 0.5) is 5.69 Å². The smallest absolute Gasteiger partial charge is 0.0381 e. The molecule has 112 valence electrons. The third-order valence-corrected chi connectivity index (χ3v) is 4.24. The highest BCUT2D eigenvalue weighted by Gasteiger charge is 2.17. The fourth-order valence-electron chi connectivity index (χ4n) is 2.50. The molecule has 1 aliphatic rings. The largest absolute Gasteiger partial charge is 0.369 e. The van der Waals surface area contributed by atoms with Crippen LogP contribution >= 0.6 is 15.9 Å². The lowest BCUT2D eigenvalue weighted by atomic mass is 10.1. The normalized spacial score (nSPS) is 16.9. The Labute approximate surface area is 130 Å². The molecule has 0 bridgehead atoms. The molecular weight excluding hydrogens is 316 g/mol. The van der Waals surface area contributed by atoms with Crippen LogP contribution in [0.5, 0.6) is 0 Å². The number of rotatable bonds is 5. The monoisotopic (exact) mass is 340 g/mol. The Morgan fingerprint density at radius 1 is 1.15 bits per heavy atom. The Morgan fingerprint density at radius 2 is 1.85 bits per heavy atom. The minimum atomic E-state index is 0.592. The predicted molar refractivity (Wildman–Crippen MR) is 89.2 cm³/mol. The third-order valence-electron chi connectivity index (χ3n) is 3.78. The van der Waals surface area contributed by atoms with Gasteiger partial charge in [0.05, 0.1) is 0 Å². The van der Waals surface area contributed by atoms with E-state index in [2.05, 4.69) is 62.9 Å². The molecule has 20 heavy (non-hydrogen) atoms. The highest BCUT2D eigenvalue weighted by molar-refractivity contribution is 9.10. The first-order valence-corrected chi connectivity index (χ1v) is 7.99. The first-order chi connectivity index (χ1) is 9.58.